The highest BCUT2D eigenvalue weighted by Crippen LogP contribution is 2.70. The first-order valence-corrected chi connectivity index (χ1v) is 9.07. The zero-order valence-corrected chi connectivity index (χ0v) is 14.7. The Morgan fingerprint density at radius 2 is 1.76 bits per heavy atom. The maximum atomic E-state index is 4.08. The monoisotopic (exact) mass is 289 g/mol. The Hall–Kier alpha value is -0.300. The maximum absolute atomic E-state index is 4.08. The molecule has 4 fully saturated rings. The normalized spacial score (nSPS) is 45.8. The van der Waals surface area contributed by atoms with Gasteiger partial charge in [0.1, 0.15) is 0 Å². The Kier molecular flexibility index (Phi) is 3.80. The number of rotatable bonds is 6. The van der Waals surface area contributed by atoms with Gasteiger partial charge in [-0.15, -0.1) is 6.58 Å². The Balaban J connectivity index is 1.73. The van der Waals surface area contributed by atoms with E-state index < -0.39 is 0 Å². The second-order valence-corrected chi connectivity index (χ2v) is 9.82. The summed E-state index contributed by atoms with van der Waals surface area (Å²) in [6.45, 7) is 11.4. The predicted molar refractivity (Wildman–Crippen MR) is 91.4 cm³/mol. The molecule has 0 heterocycles. The van der Waals surface area contributed by atoms with E-state index in [0.717, 1.165) is 5.92 Å². The lowest BCUT2D eigenvalue weighted by molar-refractivity contribution is -0.150. The fourth-order valence-corrected chi connectivity index (χ4v) is 7.20. The van der Waals surface area contributed by atoms with E-state index in [1.165, 1.54) is 63.4 Å². The van der Waals surface area contributed by atoms with Crippen LogP contribution in [0.5, 0.6) is 0 Å². The van der Waals surface area contributed by atoms with Crippen molar-refractivity contribution in [2.24, 2.45) is 22.2 Å². The molecule has 0 radical (unpaired) electrons. The maximum Gasteiger partial charge on any atom is 0.00724 e. The molecule has 3 unspecified atom stereocenters. The highest BCUT2D eigenvalue weighted by molar-refractivity contribution is 5.11. The van der Waals surface area contributed by atoms with Crippen molar-refractivity contribution in [3.8, 4) is 0 Å². The Labute approximate surface area is 132 Å². The molecular weight excluding hydrogens is 254 g/mol. The van der Waals surface area contributed by atoms with Crippen LogP contribution in [0.15, 0.2) is 12.2 Å². The van der Waals surface area contributed by atoms with Gasteiger partial charge in [-0.1, -0.05) is 19.4 Å². The van der Waals surface area contributed by atoms with E-state index in [2.05, 4.69) is 39.7 Å². The summed E-state index contributed by atoms with van der Waals surface area (Å²) < 4.78 is 0. The molecule has 4 aliphatic carbocycles. The molecular formula is C20H35N. The average molecular weight is 290 g/mol. The molecule has 3 atom stereocenters. The average Bonchev–Trinajstić information content (AvgIpc) is 2.29. The minimum Gasteiger partial charge on any atom is -0.317 e. The van der Waals surface area contributed by atoms with Crippen LogP contribution in [0.1, 0.15) is 78.6 Å². The highest BCUT2D eigenvalue weighted by Gasteiger charge is 2.59. The van der Waals surface area contributed by atoms with Gasteiger partial charge in [-0.2, -0.15) is 0 Å². The van der Waals surface area contributed by atoms with Crippen LogP contribution >= 0.6 is 0 Å². The summed E-state index contributed by atoms with van der Waals surface area (Å²) in [7, 11) is 2.16. The standard InChI is InChI=1S/C20H35N/c1-15(2)6-7-17(21-5)11-20-10-16-8-18(3,13-20)12-19(4,9-16)14-20/h16-17,21H,1,6-14H2,2-5H3. The first-order valence-electron chi connectivity index (χ1n) is 9.07. The van der Waals surface area contributed by atoms with E-state index >= 15 is 0 Å². The molecule has 0 amide bonds. The van der Waals surface area contributed by atoms with Crippen LogP contribution in [-0.4, -0.2) is 13.1 Å². The van der Waals surface area contributed by atoms with Gasteiger partial charge in [0, 0.05) is 6.04 Å². The molecule has 0 aromatic rings. The van der Waals surface area contributed by atoms with Gasteiger partial charge in [-0.05, 0) is 93.9 Å². The third kappa shape index (κ3) is 3.09. The molecule has 0 spiro atoms. The number of nitrogens with one attached hydrogen (secondary N) is 1. The topological polar surface area (TPSA) is 12.0 Å². The molecule has 0 aromatic heterocycles. The zero-order chi connectivity index (χ0) is 15.3. The SMILES string of the molecule is C=C(C)CCC(CC12CC3CC(C)(CC(C)(C3)C1)C2)NC. The molecule has 4 rings (SSSR count). The van der Waals surface area contributed by atoms with Gasteiger partial charge in [-0.3, -0.25) is 0 Å². The summed E-state index contributed by atoms with van der Waals surface area (Å²) in [5.41, 5.74) is 3.28. The highest BCUT2D eigenvalue weighted by atomic mass is 14.9. The van der Waals surface area contributed by atoms with E-state index in [1.807, 2.05) is 0 Å². The fourth-order valence-electron chi connectivity index (χ4n) is 7.20. The zero-order valence-electron chi connectivity index (χ0n) is 14.7. The largest absolute Gasteiger partial charge is 0.317 e. The van der Waals surface area contributed by atoms with Crippen LogP contribution in [-0.2, 0) is 0 Å². The van der Waals surface area contributed by atoms with Gasteiger partial charge in [0.15, 0.2) is 0 Å². The molecule has 1 N–H and O–H groups in total. The molecule has 4 aliphatic rings. The van der Waals surface area contributed by atoms with E-state index in [1.54, 1.807) is 0 Å². The molecule has 1 heteroatoms. The van der Waals surface area contributed by atoms with Crippen LogP contribution in [0.4, 0.5) is 0 Å². The molecule has 4 saturated carbocycles. The Morgan fingerprint density at radius 3 is 2.24 bits per heavy atom. The molecule has 4 bridgehead atoms. The third-order valence-corrected chi connectivity index (χ3v) is 6.75. The van der Waals surface area contributed by atoms with Crippen molar-refractivity contribution in [1.82, 2.24) is 5.32 Å². The first-order chi connectivity index (χ1) is 9.76. The van der Waals surface area contributed by atoms with E-state index in [0.29, 0.717) is 22.3 Å². The molecule has 0 aromatic carbocycles. The summed E-state index contributed by atoms with van der Waals surface area (Å²) >= 11 is 0. The summed E-state index contributed by atoms with van der Waals surface area (Å²) in [4.78, 5) is 0. The lowest BCUT2D eigenvalue weighted by Crippen LogP contribution is -2.56. The predicted octanol–water partition coefficient (Wildman–Crippen LogP) is 5.32. The summed E-state index contributed by atoms with van der Waals surface area (Å²) in [5, 5.41) is 3.62. The first kappa shape index (κ1) is 15.6. The van der Waals surface area contributed by atoms with Crippen molar-refractivity contribution < 1.29 is 0 Å². The van der Waals surface area contributed by atoms with Crippen LogP contribution in [0.2, 0.25) is 0 Å². The van der Waals surface area contributed by atoms with Crippen molar-refractivity contribution in [2.45, 2.75) is 84.6 Å². The molecule has 0 aliphatic heterocycles. The van der Waals surface area contributed by atoms with Crippen molar-refractivity contribution in [1.29, 1.82) is 0 Å². The Bertz CT molecular complexity index is 406. The minimum atomic E-state index is 0.645. The van der Waals surface area contributed by atoms with Crippen molar-refractivity contribution in [3.05, 3.63) is 12.2 Å². The number of hydrogen-bond acceptors (Lipinski definition) is 1. The van der Waals surface area contributed by atoms with E-state index in [9.17, 15) is 0 Å². The van der Waals surface area contributed by atoms with Crippen molar-refractivity contribution in [2.75, 3.05) is 7.05 Å². The van der Waals surface area contributed by atoms with Crippen LogP contribution in [0.25, 0.3) is 0 Å². The van der Waals surface area contributed by atoms with Gasteiger partial charge in [0.2, 0.25) is 0 Å². The van der Waals surface area contributed by atoms with Crippen molar-refractivity contribution in [3.63, 3.8) is 0 Å². The van der Waals surface area contributed by atoms with Gasteiger partial charge in [0.25, 0.3) is 0 Å². The quantitative estimate of drug-likeness (QED) is 0.653. The molecule has 120 valence electrons. The summed E-state index contributed by atoms with van der Waals surface area (Å²) in [6, 6.07) is 0.685. The fraction of sp³-hybridized carbons (Fsp3) is 0.900. The molecule has 0 saturated heterocycles. The van der Waals surface area contributed by atoms with Crippen LogP contribution < -0.4 is 5.32 Å². The van der Waals surface area contributed by atoms with Crippen LogP contribution in [0.3, 0.4) is 0 Å². The van der Waals surface area contributed by atoms with Gasteiger partial charge in [0.05, 0.1) is 0 Å². The van der Waals surface area contributed by atoms with Gasteiger partial charge >= 0.3 is 0 Å². The second kappa shape index (κ2) is 5.11. The summed E-state index contributed by atoms with van der Waals surface area (Å²) in [5.74, 6) is 1.02. The van der Waals surface area contributed by atoms with Crippen LogP contribution in [0, 0.1) is 22.2 Å². The minimum absolute atomic E-state index is 0.645. The lowest BCUT2D eigenvalue weighted by Gasteiger charge is -2.66. The Morgan fingerprint density at radius 1 is 1.14 bits per heavy atom. The van der Waals surface area contributed by atoms with Gasteiger partial charge < -0.3 is 5.32 Å². The summed E-state index contributed by atoms with van der Waals surface area (Å²) in [6.07, 6.45) is 12.9. The smallest absolute Gasteiger partial charge is 0.00724 e. The lowest BCUT2D eigenvalue weighted by atomic mass is 9.39. The second-order valence-electron chi connectivity index (χ2n) is 9.82. The van der Waals surface area contributed by atoms with Gasteiger partial charge in [-0.25, -0.2) is 0 Å². The van der Waals surface area contributed by atoms with Crippen molar-refractivity contribution >= 4 is 0 Å². The number of hydrogen-bond donors (Lipinski definition) is 1. The molecule has 1 nitrogen and oxygen atoms in total. The number of allylic oxidation sites excluding steroid dienone is 1. The molecule has 21 heavy (non-hydrogen) atoms. The van der Waals surface area contributed by atoms with E-state index in [-0.39, 0.29) is 0 Å². The third-order valence-electron chi connectivity index (χ3n) is 6.75. The van der Waals surface area contributed by atoms with E-state index in [4.69, 9.17) is 0 Å².